The van der Waals surface area contributed by atoms with Gasteiger partial charge >= 0.3 is 12.0 Å². The molecule has 42 heavy (non-hydrogen) atoms. The van der Waals surface area contributed by atoms with Crippen LogP contribution < -0.4 is 19.5 Å². The summed E-state index contributed by atoms with van der Waals surface area (Å²) in [4.78, 5) is 30.8. The third-order valence-corrected chi connectivity index (χ3v) is 8.61. The lowest BCUT2D eigenvalue weighted by Gasteiger charge is -2.35. The first kappa shape index (κ1) is 30.5. The number of amidine groups is 1. The van der Waals surface area contributed by atoms with Crippen LogP contribution in [0.25, 0.3) is 0 Å². The van der Waals surface area contributed by atoms with Crippen LogP contribution in [-0.4, -0.2) is 68.7 Å². The smallest absolute Gasteiger partial charge is 0.336 e. The minimum atomic E-state index is -4.34. The number of nitrogens with zero attached hydrogens (tertiary/aromatic N) is 2. The van der Waals surface area contributed by atoms with E-state index in [1.165, 1.54) is 42.7 Å². The van der Waals surface area contributed by atoms with Crippen molar-refractivity contribution >= 4 is 56.5 Å². The SMILES string of the molecule is COC(=O)C1C(O)=C(O)N=C(c2cscc2NC(=O)NS(=O)(=O)c2ccccc2Cl)N1Cc1cccc(OC)c1OC. The topological polar surface area (TPSA) is 176 Å². The number of methoxy groups -OCH3 is 3. The number of halogens is 1. The number of aliphatic hydroxyl groups excluding tert-OH is 2. The second-order valence-corrected chi connectivity index (χ2v) is 11.3. The van der Waals surface area contributed by atoms with Crippen molar-refractivity contribution in [3.05, 3.63) is 81.0 Å². The zero-order valence-electron chi connectivity index (χ0n) is 22.3. The molecule has 222 valence electrons. The third kappa shape index (κ3) is 6.07. The Balaban J connectivity index is 1.72. The summed E-state index contributed by atoms with van der Waals surface area (Å²) in [5.74, 6) is -1.83. The summed E-state index contributed by atoms with van der Waals surface area (Å²) in [5, 5.41) is 26.6. The van der Waals surface area contributed by atoms with Crippen LogP contribution in [0.15, 0.2) is 74.8 Å². The zero-order valence-corrected chi connectivity index (χ0v) is 24.7. The number of thiophene rings is 1. The molecule has 2 amide bonds. The van der Waals surface area contributed by atoms with E-state index in [9.17, 15) is 28.2 Å². The molecule has 1 unspecified atom stereocenters. The van der Waals surface area contributed by atoms with Crippen LogP contribution in [0.3, 0.4) is 0 Å². The zero-order chi connectivity index (χ0) is 30.6. The largest absolute Gasteiger partial charge is 0.505 e. The van der Waals surface area contributed by atoms with Gasteiger partial charge in [-0.1, -0.05) is 35.9 Å². The highest BCUT2D eigenvalue weighted by Gasteiger charge is 2.40. The standard InChI is InChI=1S/C26H25ClN4O9S2/c1-38-18-9-6-7-14(22(18)39-2)11-31-20(25(34)40-3)21(32)24(33)29-23(31)15-12-41-13-17(15)28-26(35)30-42(36,37)19-10-5-4-8-16(19)27/h4-10,12-13,20,32-33H,11H2,1-3H3,(H2,28,30,35). The number of esters is 1. The molecule has 1 atom stereocenters. The molecule has 13 nitrogen and oxygen atoms in total. The average molecular weight is 637 g/mol. The third-order valence-electron chi connectivity index (χ3n) is 6.04. The molecule has 0 aliphatic carbocycles. The molecule has 16 heteroatoms. The second kappa shape index (κ2) is 12.6. The average Bonchev–Trinajstić information content (AvgIpc) is 3.41. The molecule has 0 bridgehead atoms. The normalized spacial score (nSPS) is 15.1. The van der Waals surface area contributed by atoms with Crippen LogP contribution in [0.5, 0.6) is 11.5 Å². The van der Waals surface area contributed by atoms with Crippen LogP contribution in [0.2, 0.25) is 5.02 Å². The number of carbonyl (C=O) groups is 2. The molecule has 2 aromatic carbocycles. The molecule has 1 aliphatic heterocycles. The fraction of sp³-hybridized carbons (Fsp3) is 0.192. The molecule has 0 radical (unpaired) electrons. The van der Waals surface area contributed by atoms with Crippen LogP contribution in [0, 0.1) is 0 Å². The number of ether oxygens (including phenoxy) is 3. The van der Waals surface area contributed by atoms with E-state index < -0.39 is 39.7 Å². The Bertz CT molecular complexity index is 1690. The van der Waals surface area contributed by atoms with E-state index in [0.717, 1.165) is 18.4 Å². The van der Waals surface area contributed by atoms with Gasteiger partial charge < -0.3 is 34.6 Å². The maximum absolute atomic E-state index is 12.9. The van der Waals surface area contributed by atoms with E-state index in [1.54, 1.807) is 29.6 Å². The van der Waals surface area contributed by atoms with Gasteiger partial charge in [-0.25, -0.2) is 22.7 Å². The summed E-state index contributed by atoms with van der Waals surface area (Å²) in [6.45, 7) is -0.112. The number of carbonyl (C=O) groups excluding carboxylic acids is 2. The quantitative estimate of drug-likeness (QED) is 0.251. The molecule has 3 aromatic rings. The number of urea groups is 1. The molecule has 0 saturated heterocycles. The van der Waals surface area contributed by atoms with E-state index in [0.29, 0.717) is 17.1 Å². The van der Waals surface area contributed by atoms with Gasteiger partial charge in [-0.2, -0.15) is 4.99 Å². The Morgan fingerprint density at radius 3 is 2.48 bits per heavy atom. The highest BCUT2D eigenvalue weighted by atomic mass is 35.5. The summed E-state index contributed by atoms with van der Waals surface area (Å²) in [6, 6.07) is 8.01. The molecule has 0 saturated carbocycles. The Morgan fingerprint density at radius 2 is 1.81 bits per heavy atom. The molecule has 4 N–H and O–H groups in total. The van der Waals surface area contributed by atoms with Crippen molar-refractivity contribution in [1.82, 2.24) is 9.62 Å². The van der Waals surface area contributed by atoms with Gasteiger partial charge in [0.25, 0.3) is 15.9 Å². The van der Waals surface area contributed by atoms with E-state index in [-0.39, 0.29) is 33.5 Å². The number of rotatable bonds is 9. The number of nitrogens with one attached hydrogen (secondary N) is 2. The molecule has 1 aliphatic rings. The van der Waals surface area contributed by atoms with Gasteiger partial charge in [0.2, 0.25) is 0 Å². The number of para-hydroxylation sites is 1. The molecule has 0 fully saturated rings. The van der Waals surface area contributed by atoms with E-state index in [2.05, 4.69) is 10.3 Å². The maximum atomic E-state index is 12.9. The number of sulfonamides is 1. The number of anilines is 1. The summed E-state index contributed by atoms with van der Waals surface area (Å²) >= 11 is 7.10. The van der Waals surface area contributed by atoms with Gasteiger partial charge in [0, 0.05) is 22.9 Å². The fourth-order valence-corrected chi connectivity index (χ4v) is 6.35. The van der Waals surface area contributed by atoms with Gasteiger partial charge in [0.1, 0.15) is 10.7 Å². The number of amides is 2. The lowest BCUT2D eigenvalue weighted by atomic mass is 10.1. The minimum absolute atomic E-state index is 0.0453. The van der Waals surface area contributed by atoms with Crippen molar-refractivity contribution in [3.63, 3.8) is 0 Å². The van der Waals surface area contributed by atoms with Crippen molar-refractivity contribution in [3.8, 4) is 11.5 Å². The van der Waals surface area contributed by atoms with Gasteiger partial charge in [-0.15, -0.1) is 11.3 Å². The molecule has 1 aromatic heterocycles. The van der Waals surface area contributed by atoms with Gasteiger partial charge in [0.15, 0.2) is 23.3 Å². The monoisotopic (exact) mass is 636 g/mol. The molecule has 4 rings (SSSR count). The first-order valence-corrected chi connectivity index (χ1v) is 14.7. The van der Waals surface area contributed by atoms with Crippen molar-refractivity contribution < 1.29 is 42.4 Å². The van der Waals surface area contributed by atoms with Crippen LogP contribution in [0.1, 0.15) is 11.1 Å². The minimum Gasteiger partial charge on any atom is -0.505 e. The van der Waals surface area contributed by atoms with Crippen molar-refractivity contribution in [1.29, 1.82) is 0 Å². The maximum Gasteiger partial charge on any atom is 0.336 e. The summed E-state index contributed by atoms with van der Waals surface area (Å²) in [6.07, 6.45) is 0. The van der Waals surface area contributed by atoms with Crippen molar-refractivity contribution in [2.75, 3.05) is 26.6 Å². The highest BCUT2D eigenvalue weighted by Crippen LogP contribution is 2.35. The summed E-state index contributed by atoms with van der Waals surface area (Å²) in [5.41, 5.74) is 0.798. The Morgan fingerprint density at radius 1 is 1.07 bits per heavy atom. The summed E-state index contributed by atoms with van der Waals surface area (Å²) < 4.78 is 43.2. The highest BCUT2D eigenvalue weighted by molar-refractivity contribution is 7.90. The first-order chi connectivity index (χ1) is 20.0. The Kier molecular flexibility index (Phi) is 9.14. The van der Waals surface area contributed by atoms with Gasteiger partial charge in [0.05, 0.1) is 37.6 Å². The van der Waals surface area contributed by atoms with Crippen molar-refractivity contribution in [2.24, 2.45) is 4.99 Å². The van der Waals surface area contributed by atoms with Crippen LogP contribution >= 0.6 is 22.9 Å². The molecule has 0 spiro atoms. The predicted octanol–water partition coefficient (Wildman–Crippen LogP) is 4.02. The number of hydrogen-bond acceptors (Lipinski definition) is 12. The first-order valence-electron chi connectivity index (χ1n) is 11.9. The molecular formula is C26H25ClN4O9S2. The second-order valence-electron chi connectivity index (χ2n) is 8.54. The van der Waals surface area contributed by atoms with Gasteiger partial charge in [-0.3, -0.25) is 0 Å². The number of hydrogen-bond donors (Lipinski definition) is 4. The van der Waals surface area contributed by atoms with Gasteiger partial charge in [-0.05, 0) is 18.2 Å². The lowest BCUT2D eigenvalue weighted by molar-refractivity contribution is -0.145. The Labute approximate surface area is 249 Å². The van der Waals surface area contributed by atoms with E-state index in [4.69, 9.17) is 25.8 Å². The molecular weight excluding hydrogens is 612 g/mol. The fourth-order valence-electron chi connectivity index (χ4n) is 4.16. The van der Waals surface area contributed by atoms with Crippen molar-refractivity contribution in [2.45, 2.75) is 17.5 Å². The lowest BCUT2D eigenvalue weighted by Crippen LogP contribution is -2.49. The van der Waals surface area contributed by atoms with E-state index in [1.807, 2.05) is 4.72 Å². The number of aliphatic hydroxyl groups is 2. The Hall–Kier alpha value is -4.47. The van der Waals surface area contributed by atoms with Crippen LogP contribution in [-0.2, 0) is 26.1 Å². The molecule has 2 heterocycles. The van der Waals surface area contributed by atoms with E-state index >= 15 is 0 Å². The number of benzene rings is 2. The van der Waals surface area contributed by atoms with Crippen LogP contribution in [0.4, 0.5) is 10.5 Å². The summed E-state index contributed by atoms with van der Waals surface area (Å²) in [7, 11) is -0.328. The predicted molar refractivity (Wildman–Crippen MR) is 155 cm³/mol. The number of aliphatic imine (C=N–C) groups is 1.